The monoisotopic (exact) mass is 498 g/mol. The number of allylic oxidation sites excluding steroid dienone is 1. The summed E-state index contributed by atoms with van der Waals surface area (Å²) in [4.78, 5) is 27.7. The summed E-state index contributed by atoms with van der Waals surface area (Å²) in [5.41, 5.74) is -1.20. The number of ether oxygens (including phenoxy) is 1. The first-order chi connectivity index (χ1) is 16.6. The Kier molecular flexibility index (Phi) is 4.76. The molecule has 1 aliphatic carbocycles. The van der Waals surface area contributed by atoms with E-state index in [2.05, 4.69) is 21.4 Å². The van der Waals surface area contributed by atoms with Crippen molar-refractivity contribution in [2.24, 2.45) is 5.41 Å². The Bertz CT molecular complexity index is 1420. The summed E-state index contributed by atoms with van der Waals surface area (Å²) in [6.45, 7) is 9.68. The molecule has 1 amide bonds. The van der Waals surface area contributed by atoms with E-state index in [1.54, 1.807) is 6.20 Å². The Labute approximate surface area is 205 Å². The second-order valence-electron chi connectivity index (χ2n) is 11.3. The van der Waals surface area contributed by atoms with Gasteiger partial charge in [-0.05, 0) is 50.8 Å². The molecule has 0 fully saturated rings. The molecule has 0 bridgehead atoms. The Morgan fingerprint density at radius 3 is 2.42 bits per heavy atom. The smallest absolute Gasteiger partial charge is 0.406 e. The molecule has 2 N–H and O–H groups in total. The van der Waals surface area contributed by atoms with Gasteiger partial charge in [-0.2, -0.15) is 5.26 Å². The lowest BCUT2D eigenvalue weighted by atomic mass is 9.61. The van der Waals surface area contributed by atoms with Crippen LogP contribution in [0.25, 0.3) is 0 Å². The SMILES string of the molecule is CC1(C)CC(=O)C2=C(C1)Nc1c(c(C#N)cn1C(C)(C)C)[C@]21C(=O)Nc2ccc(OC(F)(F)F)cc21. The number of carbonyl (C=O) groups is 2. The van der Waals surface area contributed by atoms with E-state index in [-0.39, 0.29) is 40.2 Å². The molecule has 10 heteroatoms. The van der Waals surface area contributed by atoms with Crippen molar-refractivity contribution in [3.05, 3.63) is 52.4 Å². The molecule has 1 spiro atoms. The predicted molar refractivity (Wildman–Crippen MR) is 125 cm³/mol. The summed E-state index contributed by atoms with van der Waals surface area (Å²) in [6, 6.07) is 5.73. The lowest BCUT2D eigenvalue weighted by molar-refractivity contribution is -0.274. The molecule has 3 aliphatic rings. The normalized spacial score (nSPS) is 22.4. The van der Waals surface area contributed by atoms with Gasteiger partial charge in [0.1, 0.15) is 23.1 Å². The number of alkyl halides is 3. The molecular weight excluding hydrogens is 473 g/mol. The van der Waals surface area contributed by atoms with E-state index in [4.69, 9.17) is 0 Å². The number of anilines is 2. The van der Waals surface area contributed by atoms with Crippen LogP contribution in [0.5, 0.6) is 5.75 Å². The molecule has 7 nitrogen and oxygen atoms in total. The summed E-state index contributed by atoms with van der Waals surface area (Å²) in [6.07, 6.45) is -2.74. The highest BCUT2D eigenvalue weighted by molar-refractivity contribution is 6.20. The fraction of sp³-hybridized carbons (Fsp3) is 0.423. The van der Waals surface area contributed by atoms with Crippen LogP contribution in [0.4, 0.5) is 24.7 Å². The molecule has 0 saturated heterocycles. The van der Waals surface area contributed by atoms with E-state index in [1.807, 2.05) is 39.2 Å². The first-order valence-electron chi connectivity index (χ1n) is 11.5. The van der Waals surface area contributed by atoms with E-state index in [9.17, 15) is 28.0 Å². The first kappa shape index (κ1) is 24.0. The number of nitriles is 1. The van der Waals surface area contributed by atoms with Crippen molar-refractivity contribution in [3.8, 4) is 11.8 Å². The number of benzene rings is 1. The average molecular weight is 499 g/mol. The van der Waals surface area contributed by atoms with Gasteiger partial charge < -0.3 is 19.9 Å². The van der Waals surface area contributed by atoms with Crippen molar-refractivity contribution in [3.63, 3.8) is 0 Å². The van der Waals surface area contributed by atoms with Crippen LogP contribution in [0.2, 0.25) is 0 Å². The quantitative estimate of drug-likeness (QED) is 0.555. The third-order valence-corrected chi connectivity index (χ3v) is 6.96. The molecule has 3 heterocycles. The minimum Gasteiger partial charge on any atom is -0.406 e. The Morgan fingerprint density at radius 1 is 1.11 bits per heavy atom. The van der Waals surface area contributed by atoms with Crippen LogP contribution < -0.4 is 15.4 Å². The molecule has 1 aromatic carbocycles. The number of amides is 1. The highest BCUT2D eigenvalue weighted by atomic mass is 19.4. The van der Waals surface area contributed by atoms with Gasteiger partial charge in [-0.25, -0.2) is 0 Å². The number of carbonyl (C=O) groups excluding carboxylic acids is 2. The molecule has 0 unspecified atom stereocenters. The number of halogens is 3. The van der Waals surface area contributed by atoms with Gasteiger partial charge in [-0.3, -0.25) is 9.59 Å². The third kappa shape index (κ3) is 3.33. The van der Waals surface area contributed by atoms with Crippen LogP contribution in [-0.4, -0.2) is 22.6 Å². The molecule has 0 radical (unpaired) electrons. The van der Waals surface area contributed by atoms with E-state index in [0.717, 1.165) is 12.1 Å². The molecule has 188 valence electrons. The molecule has 2 aromatic rings. The van der Waals surface area contributed by atoms with E-state index >= 15 is 0 Å². The molecule has 1 atom stereocenters. The van der Waals surface area contributed by atoms with Gasteiger partial charge in [0, 0.05) is 46.2 Å². The summed E-state index contributed by atoms with van der Waals surface area (Å²) in [5.74, 6) is -0.935. The van der Waals surface area contributed by atoms with Gasteiger partial charge >= 0.3 is 6.36 Å². The van der Waals surface area contributed by atoms with Gasteiger partial charge in [0.15, 0.2) is 5.78 Å². The Balaban J connectivity index is 1.90. The lowest BCUT2D eigenvalue weighted by Gasteiger charge is -2.43. The number of fused-ring (bicyclic) bond motifs is 5. The number of nitrogens with zero attached hydrogens (tertiary/aromatic N) is 2. The van der Waals surface area contributed by atoms with Crippen LogP contribution in [0, 0.1) is 16.7 Å². The van der Waals surface area contributed by atoms with Crippen molar-refractivity contribution in [1.29, 1.82) is 5.26 Å². The zero-order valence-corrected chi connectivity index (χ0v) is 20.5. The van der Waals surface area contributed by atoms with Gasteiger partial charge in [-0.15, -0.1) is 13.2 Å². The second kappa shape index (κ2) is 7.15. The average Bonchev–Trinajstić information content (AvgIpc) is 3.22. The third-order valence-electron chi connectivity index (χ3n) is 6.96. The lowest BCUT2D eigenvalue weighted by Crippen LogP contribution is -2.48. The van der Waals surface area contributed by atoms with E-state index in [1.165, 1.54) is 6.07 Å². The largest absolute Gasteiger partial charge is 0.573 e. The standard InChI is InChI=1S/C26H25F3N4O3/c1-23(2,3)33-12-13(11-30)19-21(33)31-17-9-24(4,5)10-18(34)20(17)25(19)15-8-14(36-26(27,28)29)6-7-16(15)32-22(25)35/h6-8,12,31H,9-10H2,1-5H3,(H,32,35)/t25-/m0/s1. The highest BCUT2D eigenvalue weighted by Crippen LogP contribution is 2.59. The number of hydrogen-bond donors (Lipinski definition) is 2. The number of hydrogen-bond acceptors (Lipinski definition) is 5. The van der Waals surface area contributed by atoms with Crippen LogP contribution in [0.1, 0.15) is 64.2 Å². The molecular formula is C26H25F3N4O3. The van der Waals surface area contributed by atoms with Crippen molar-refractivity contribution in [2.75, 3.05) is 10.6 Å². The van der Waals surface area contributed by atoms with Crippen LogP contribution in [0.15, 0.2) is 35.7 Å². The zero-order chi connectivity index (χ0) is 26.4. The number of ketones is 1. The van der Waals surface area contributed by atoms with Gasteiger partial charge in [-0.1, -0.05) is 13.8 Å². The van der Waals surface area contributed by atoms with Gasteiger partial charge in [0.2, 0.25) is 5.91 Å². The van der Waals surface area contributed by atoms with Crippen molar-refractivity contribution < 1.29 is 27.5 Å². The number of nitrogens with one attached hydrogen (secondary N) is 2. The minimum atomic E-state index is -4.95. The summed E-state index contributed by atoms with van der Waals surface area (Å²) < 4.78 is 45.3. The number of rotatable bonds is 1. The van der Waals surface area contributed by atoms with Crippen molar-refractivity contribution in [2.45, 2.75) is 64.8 Å². The van der Waals surface area contributed by atoms with Crippen LogP contribution in [-0.2, 0) is 20.5 Å². The van der Waals surface area contributed by atoms with Crippen LogP contribution >= 0.6 is 0 Å². The molecule has 2 aliphatic heterocycles. The molecule has 0 saturated carbocycles. The topological polar surface area (TPSA) is 96.2 Å². The van der Waals surface area contributed by atoms with E-state index in [0.29, 0.717) is 17.9 Å². The highest BCUT2D eigenvalue weighted by Gasteiger charge is 2.60. The fourth-order valence-electron chi connectivity index (χ4n) is 5.73. The Hall–Kier alpha value is -3.74. The fourth-order valence-corrected chi connectivity index (χ4v) is 5.73. The minimum absolute atomic E-state index is 0.147. The molecule has 1 aromatic heterocycles. The maximum atomic E-state index is 13.9. The van der Waals surface area contributed by atoms with Gasteiger partial charge in [0.05, 0.1) is 5.56 Å². The van der Waals surface area contributed by atoms with Crippen molar-refractivity contribution >= 4 is 23.2 Å². The maximum Gasteiger partial charge on any atom is 0.573 e. The summed E-state index contributed by atoms with van der Waals surface area (Å²) in [5, 5.41) is 16.2. The summed E-state index contributed by atoms with van der Waals surface area (Å²) in [7, 11) is 0. The van der Waals surface area contributed by atoms with Crippen molar-refractivity contribution in [1.82, 2.24) is 4.57 Å². The van der Waals surface area contributed by atoms with Crippen LogP contribution in [0.3, 0.4) is 0 Å². The number of aromatic nitrogens is 1. The van der Waals surface area contributed by atoms with Gasteiger partial charge in [0.25, 0.3) is 0 Å². The first-order valence-corrected chi connectivity index (χ1v) is 11.5. The maximum absolute atomic E-state index is 13.9. The number of Topliss-reactive ketones (excluding diaryl/α,β-unsaturated/α-hetero) is 1. The van der Waals surface area contributed by atoms with E-state index < -0.39 is 34.4 Å². The summed E-state index contributed by atoms with van der Waals surface area (Å²) >= 11 is 0. The predicted octanol–water partition coefficient (Wildman–Crippen LogP) is 5.32. The second-order valence-corrected chi connectivity index (χ2v) is 11.3. The molecule has 36 heavy (non-hydrogen) atoms. The Morgan fingerprint density at radius 2 is 1.81 bits per heavy atom. The zero-order valence-electron chi connectivity index (χ0n) is 20.5. The molecule has 5 rings (SSSR count).